The van der Waals surface area contributed by atoms with E-state index in [1.807, 2.05) is 0 Å². The molecule has 0 bridgehead atoms. The number of hydrogen-bond acceptors (Lipinski definition) is 6. The van der Waals surface area contributed by atoms with Crippen LogP contribution >= 0.6 is 0 Å². The van der Waals surface area contributed by atoms with Crippen LogP contribution in [0.1, 0.15) is 21.7 Å². The van der Waals surface area contributed by atoms with Crippen molar-refractivity contribution in [2.45, 2.75) is 18.4 Å². The Bertz CT molecular complexity index is 1280. The maximum atomic E-state index is 12.5. The van der Waals surface area contributed by atoms with Crippen molar-refractivity contribution in [3.05, 3.63) is 77.7 Å². The van der Waals surface area contributed by atoms with E-state index >= 15 is 0 Å². The van der Waals surface area contributed by atoms with Crippen LogP contribution < -0.4 is 14.8 Å². The maximum absolute atomic E-state index is 12.5. The third kappa shape index (κ3) is 6.17. The summed E-state index contributed by atoms with van der Waals surface area (Å²) >= 11 is 0. The van der Waals surface area contributed by atoms with E-state index in [0.29, 0.717) is 22.7 Å². The summed E-state index contributed by atoms with van der Waals surface area (Å²) in [4.78, 5) is 12.5. The molecule has 0 fully saturated rings. The molecule has 2 aromatic carbocycles. The van der Waals surface area contributed by atoms with Crippen LogP contribution in [0.5, 0.6) is 0 Å². The van der Waals surface area contributed by atoms with Crippen molar-refractivity contribution in [1.29, 1.82) is 0 Å². The van der Waals surface area contributed by atoms with E-state index in [4.69, 9.17) is 4.42 Å². The molecule has 3 aromatic rings. The highest BCUT2D eigenvalue weighted by Crippen LogP contribution is 2.22. The van der Waals surface area contributed by atoms with Crippen molar-refractivity contribution < 1.29 is 26.0 Å². The molecule has 1 aromatic heterocycles. The van der Waals surface area contributed by atoms with Crippen LogP contribution in [0.4, 0.5) is 11.4 Å². The molecule has 0 saturated heterocycles. The summed E-state index contributed by atoms with van der Waals surface area (Å²) < 4.78 is 57.6. The zero-order valence-corrected chi connectivity index (χ0v) is 18.4. The van der Waals surface area contributed by atoms with Crippen LogP contribution in [0.2, 0.25) is 0 Å². The molecule has 0 unspecified atom stereocenters. The second-order valence-electron chi connectivity index (χ2n) is 6.79. The lowest BCUT2D eigenvalue weighted by Crippen LogP contribution is -2.23. The van der Waals surface area contributed by atoms with Gasteiger partial charge in [-0.25, -0.2) is 21.6 Å². The molecule has 31 heavy (non-hydrogen) atoms. The Morgan fingerprint density at radius 1 is 1.00 bits per heavy atom. The van der Waals surface area contributed by atoms with Gasteiger partial charge in [-0.3, -0.25) is 9.52 Å². The van der Waals surface area contributed by atoms with Crippen molar-refractivity contribution in [3.63, 3.8) is 0 Å². The van der Waals surface area contributed by atoms with Crippen molar-refractivity contribution in [3.8, 4) is 0 Å². The number of benzene rings is 2. The number of nitrogens with one attached hydrogen (secondary N) is 3. The van der Waals surface area contributed by atoms with Gasteiger partial charge in [0.1, 0.15) is 5.76 Å². The van der Waals surface area contributed by atoms with Gasteiger partial charge in [-0.05, 0) is 61.0 Å². The van der Waals surface area contributed by atoms with Gasteiger partial charge in [0.2, 0.25) is 20.0 Å². The molecule has 1 heterocycles. The van der Waals surface area contributed by atoms with Crippen LogP contribution in [-0.4, -0.2) is 29.0 Å². The summed E-state index contributed by atoms with van der Waals surface area (Å²) in [5, 5.41) is 2.66. The fraction of sp³-hybridized carbons (Fsp3) is 0.150. The smallest absolute Gasteiger partial charge is 0.255 e. The van der Waals surface area contributed by atoms with Crippen LogP contribution in [-0.2, 0) is 26.6 Å². The first-order valence-corrected chi connectivity index (χ1v) is 12.4. The molecule has 0 aliphatic heterocycles. The molecule has 164 valence electrons. The normalized spacial score (nSPS) is 11.8. The number of furan rings is 1. The summed E-state index contributed by atoms with van der Waals surface area (Å²) in [6.07, 6.45) is 2.49. The van der Waals surface area contributed by atoms with Gasteiger partial charge in [-0.1, -0.05) is 6.07 Å². The third-order valence-corrected chi connectivity index (χ3v) is 6.24. The average Bonchev–Trinajstić information content (AvgIpc) is 3.22. The Balaban J connectivity index is 1.70. The van der Waals surface area contributed by atoms with Gasteiger partial charge in [0.15, 0.2) is 0 Å². The van der Waals surface area contributed by atoms with Gasteiger partial charge in [0.25, 0.3) is 5.91 Å². The Kier molecular flexibility index (Phi) is 6.48. The Morgan fingerprint density at radius 3 is 2.32 bits per heavy atom. The van der Waals surface area contributed by atoms with Gasteiger partial charge in [0, 0.05) is 11.3 Å². The van der Waals surface area contributed by atoms with Gasteiger partial charge in [-0.2, -0.15) is 0 Å². The van der Waals surface area contributed by atoms with Crippen LogP contribution in [0.25, 0.3) is 0 Å². The lowest BCUT2D eigenvalue weighted by molar-refractivity contribution is 0.102. The molecule has 3 rings (SSSR count). The van der Waals surface area contributed by atoms with Gasteiger partial charge < -0.3 is 9.73 Å². The number of sulfonamides is 2. The number of carbonyl (C=O) groups excluding carboxylic acids is 1. The van der Waals surface area contributed by atoms with E-state index in [0.717, 1.165) is 6.26 Å². The van der Waals surface area contributed by atoms with Gasteiger partial charge in [0.05, 0.1) is 29.6 Å². The molecule has 1 amide bonds. The zero-order chi connectivity index (χ0) is 22.6. The molecule has 0 saturated carbocycles. The first kappa shape index (κ1) is 22.5. The SMILES string of the molecule is Cc1ccc(NC(=O)c2ccc(S(=O)(=O)NCc3ccco3)cc2)cc1NS(C)(=O)=O. The number of anilines is 2. The highest BCUT2D eigenvalue weighted by molar-refractivity contribution is 7.92. The van der Waals surface area contributed by atoms with Crippen LogP contribution in [0.15, 0.2) is 70.2 Å². The number of rotatable bonds is 8. The van der Waals surface area contributed by atoms with Crippen LogP contribution in [0.3, 0.4) is 0 Å². The second kappa shape index (κ2) is 8.92. The van der Waals surface area contributed by atoms with Crippen molar-refractivity contribution in [2.24, 2.45) is 0 Å². The quantitative estimate of drug-likeness (QED) is 0.470. The summed E-state index contributed by atoms with van der Waals surface area (Å²) in [6, 6.07) is 13.5. The molecule has 0 aliphatic rings. The lowest BCUT2D eigenvalue weighted by atomic mass is 10.1. The summed E-state index contributed by atoms with van der Waals surface area (Å²) in [5.41, 5.74) is 1.67. The predicted molar refractivity (Wildman–Crippen MR) is 117 cm³/mol. The molecular weight excluding hydrogens is 442 g/mol. The standard InChI is InChI=1S/C20H21N3O6S2/c1-14-5-8-16(12-19(14)23-30(2,25)26)22-20(24)15-6-9-18(10-7-15)31(27,28)21-13-17-4-3-11-29-17/h3-12,21,23H,13H2,1-2H3,(H,22,24). The average molecular weight is 464 g/mol. The number of carbonyl (C=O) groups is 1. The van der Waals surface area contributed by atoms with E-state index in [1.165, 1.54) is 36.6 Å². The Hall–Kier alpha value is -3.15. The van der Waals surface area contributed by atoms with E-state index in [-0.39, 0.29) is 17.0 Å². The van der Waals surface area contributed by atoms with Crippen LogP contribution in [0, 0.1) is 6.92 Å². The van der Waals surface area contributed by atoms with Crippen molar-refractivity contribution >= 4 is 37.3 Å². The Morgan fingerprint density at radius 2 is 1.71 bits per heavy atom. The van der Waals surface area contributed by atoms with E-state index in [9.17, 15) is 21.6 Å². The fourth-order valence-corrected chi connectivity index (χ4v) is 4.27. The molecular formula is C20H21N3O6S2. The first-order chi connectivity index (χ1) is 14.5. The molecule has 0 aliphatic carbocycles. The second-order valence-corrected chi connectivity index (χ2v) is 10.3. The predicted octanol–water partition coefficient (Wildman–Crippen LogP) is 2.69. The fourth-order valence-electron chi connectivity index (χ4n) is 2.66. The highest BCUT2D eigenvalue weighted by atomic mass is 32.2. The van der Waals surface area contributed by atoms with E-state index in [1.54, 1.807) is 31.2 Å². The minimum atomic E-state index is -3.77. The number of aryl methyl sites for hydroxylation is 1. The number of hydrogen-bond donors (Lipinski definition) is 3. The molecule has 0 atom stereocenters. The molecule has 9 nitrogen and oxygen atoms in total. The summed E-state index contributed by atoms with van der Waals surface area (Å²) in [5.74, 6) is 0.00375. The highest BCUT2D eigenvalue weighted by Gasteiger charge is 2.16. The molecule has 11 heteroatoms. The zero-order valence-electron chi connectivity index (χ0n) is 16.7. The molecule has 0 radical (unpaired) electrons. The first-order valence-electron chi connectivity index (χ1n) is 9.05. The lowest BCUT2D eigenvalue weighted by Gasteiger charge is -2.11. The van der Waals surface area contributed by atoms with Crippen molar-refractivity contribution in [2.75, 3.05) is 16.3 Å². The largest absolute Gasteiger partial charge is 0.468 e. The minimum absolute atomic E-state index is 0.00517. The van der Waals surface area contributed by atoms with Gasteiger partial charge >= 0.3 is 0 Å². The maximum Gasteiger partial charge on any atom is 0.255 e. The van der Waals surface area contributed by atoms with E-state index in [2.05, 4.69) is 14.8 Å². The van der Waals surface area contributed by atoms with Crippen molar-refractivity contribution in [1.82, 2.24) is 4.72 Å². The summed E-state index contributed by atoms with van der Waals surface area (Å²) in [7, 11) is -7.24. The minimum Gasteiger partial charge on any atom is -0.468 e. The van der Waals surface area contributed by atoms with Gasteiger partial charge in [-0.15, -0.1) is 0 Å². The third-order valence-electron chi connectivity index (χ3n) is 4.23. The summed E-state index contributed by atoms with van der Waals surface area (Å²) in [6.45, 7) is 1.74. The topological polar surface area (TPSA) is 135 Å². The monoisotopic (exact) mass is 463 g/mol. The molecule has 0 spiro atoms. The molecule has 3 N–H and O–H groups in total. The van der Waals surface area contributed by atoms with E-state index < -0.39 is 26.0 Å². The number of amides is 1. The Labute approximate surface area is 180 Å².